The molecular weight excluding hydrogens is 352 g/mol. The van der Waals surface area contributed by atoms with E-state index < -0.39 is 0 Å². The van der Waals surface area contributed by atoms with Crippen LogP contribution >= 0.6 is 11.3 Å². The van der Waals surface area contributed by atoms with Gasteiger partial charge in [0.1, 0.15) is 0 Å². The number of hydrazine groups is 1. The van der Waals surface area contributed by atoms with Crippen molar-refractivity contribution >= 4 is 28.3 Å². The van der Waals surface area contributed by atoms with Gasteiger partial charge in [0.05, 0.1) is 18.9 Å². The zero-order valence-electron chi connectivity index (χ0n) is 13.9. The van der Waals surface area contributed by atoms with Crippen LogP contribution in [0.5, 0.6) is 0 Å². The SMILES string of the molecule is N#CN=C(NN1CCOCC1)c1cccc(-c2csc(NC(=N)N)n2)c1. The number of guanidine groups is 1. The maximum Gasteiger partial charge on any atom is 0.207 e. The van der Waals surface area contributed by atoms with Gasteiger partial charge in [-0.2, -0.15) is 10.3 Å². The lowest BCUT2D eigenvalue weighted by molar-refractivity contribution is 0.0249. The Morgan fingerprint density at radius 1 is 1.42 bits per heavy atom. The van der Waals surface area contributed by atoms with E-state index in [0.717, 1.165) is 29.9 Å². The molecule has 0 atom stereocenters. The van der Waals surface area contributed by atoms with Crippen LogP contribution in [0.2, 0.25) is 0 Å². The monoisotopic (exact) mass is 370 g/mol. The van der Waals surface area contributed by atoms with E-state index >= 15 is 0 Å². The summed E-state index contributed by atoms with van der Waals surface area (Å²) in [6, 6.07) is 7.61. The fraction of sp³-hybridized carbons (Fsp3) is 0.250. The minimum absolute atomic E-state index is 0.155. The molecule has 1 aromatic heterocycles. The number of hydrogen-bond donors (Lipinski definition) is 4. The van der Waals surface area contributed by atoms with Gasteiger partial charge < -0.3 is 21.2 Å². The molecule has 2 heterocycles. The van der Waals surface area contributed by atoms with Gasteiger partial charge in [0.25, 0.3) is 0 Å². The molecule has 0 amide bonds. The predicted octanol–water partition coefficient (Wildman–Crippen LogP) is 1.18. The fourth-order valence-corrected chi connectivity index (χ4v) is 3.17. The van der Waals surface area contributed by atoms with E-state index in [4.69, 9.17) is 21.1 Å². The van der Waals surface area contributed by atoms with Gasteiger partial charge >= 0.3 is 0 Å². The molecule has 1 saturated heterocycles. The normalized spacial score (nSPS) is 15.3. The third-order valence-corrected chi connectivity index (χ3v) is 4.37. The predicted molar refractivity (Wildman–Crippen MR) is 101 cm³/mol. The van der Waals surface area contributed by atoms with Crippen molar-refractivity contribution in [1.82, 2.24) is 15.4 Å². The highest BCUT2D eigenvalue weighted by atomic mass is 32.1. The Bertz CT molecular complexity index is 850. The number of rotatable bonds is 4. The molecule has 0 spiro atoms. The van der Waals surface area contributed by atoms with E-state index in [2.05, 4.69) is 20.7 Å². The van der Waals surface area contributed by atoms with Crippen LogP contribution in [0.1, 0.15) is 5.56 Å². The number of benzene rings is 1. The highest BCUT2D eigenvalue weighted by Gasteiger charge is 2.14. The molecule has 0 aliphatic carbocycles. The minimum atomic E-state index is -0.155. The summed E-state index contributed by atoms with van der Waals surface area (Å²) in [5, 5.41) is 23.4. The van der Waals surface area contributed by atoms with Crippen molar-refractivity contribution in [2.45, 2.75) is 0 Å². The van der Waals surface area contributed by atoms with E-state index in [1.807, 2.05) is 40.8 Å². The molecule has 0 unspecified atom stereocenters. The number of nitrogens with one attached hydrogen (secondary N) is 3. The summed E-state index contributed by atoms with van der Waals surface area (Å²) < 4.78 is 5.33. The third kappa shape index (κ3) is 4.54. The number of aliphatic imine (C=N–C) groups is 1. The lowest BCUT2D eigenvalue weighted by Gasteiger charge is -2.28. The summed E-state index contributed by atoms with van der Waals surface area (Å²) in [6.07, 6.45) is 1.85. The number of morpholine rings is 1. The van der Waals surface area contributed by atoms with Crippen LogP contribution in [-0.2, 0) is 4.74 Å². The van der Waals surface area contributed by atoms with Crippen molar-refractivity contribution in [2.24, 2.45) is 10.7 Å². The molecule has 5 N–H and O–H groups in total. The quantitative estimate of drug-likeness (QED) is 0.360. The summed E-state index contributed by atoms with van der Waals surface area (Å²) in [6.45, 7) is 2.71. The second-order valence-electron chi connectivity index (χ2n) is 5.43. The smallest absolute Gasteiger partial charge is 0.207 e. The lowest BCUT2D eigenvalue weighted by Crippen LogP contribution is -2.48. The van der Waals surface area contributed by atoms with Crippen LogP contribution in [-0.4, -0.2) is 48.1 Å². The average molecular weight is 370 g/mol. The van der Waals surface area contributed by atoms with Crippen LogP contribution in [0, 0.1) is 16.9 Å². The Labute approximate surface area is 154 Å². The van der Waals surface area contributed by atoms with Crippen LogP contribution < -0.4 is 16.5 Å². The van der Waals surface area contributed by atoms with E-state index in [1.165, 1.54) is 11.3 Å². The first-order valence-corrected chi connectivity index (χ1v) is 8.77. The molecule has 0 radical (unpaired) electrons. The highest BCUT2D eigenvalue weighted by molar-refractivity contribution is 7.14. The van der Waals surface area contributed by atoms with E-state index in [1.54, 1.807) is 0 Å². The van der Waals surface area contributed by atoms with Crippen molar-refractivity contribution in [3.05, 3.63) is 35.2 Å². The molecule has 26 heavy (non-hydrogen) atoms. The lowest BCUT2D eigenvalue weighted by atomic mass is 10.1. The maximum absolute atomic E-state index is 9.03. The molecule has 9 nitrogen and oxygen atoms in total. The Morgan fingerprint density at radius 3 is 2.96 bits per heavy atom. The van der Waals surface area contributed by atoms with Crippen LogP contribution in [0.15, 0.2) is 34.6 Å². The average Bonchev–Trinajstić information content (AvgIpc) is 3.10. The van der Waals surface area contributed by atoms with Gasteiger partial charge in [-0.25, -0.2) is 9.99 Å². The van der Waals surface area contributed by atoms with Gasteiger partial charge in [-0.05, 0) is 6.07 Å². The summed E-state index contributed by atoms with van der Waals surface area (Å²) in [7, 11) is 0. The molecule has 3 rings (SSSR count). The summed E-state index contributed by atoms with van der Waals surface area (Å²) in [5.74, 6) is 0.325. The number of thiazole rings is 1. The largest absolute Gasteiger partial charge is 0.379 e. The summed E-state index contributed by atoms with van der Waals surface area (Å²) >= 11 is 1.36. The van der Waals surface area contributed by atoms with Gasteiger partial charge in [0, 0.05) is 29.6 Å². The van der Waals surface area contributed by atoms with E-state index in [9.17, 15) is 0 Å². The molecule has 0 saturated carbocycles. The molecule has 1 aromatic carbocycles. The van der Waals surface area contributed by atoms with Gasteiger partial charge in [-0.3, -0.25) is 5.41 Å². The Kier molecular flexibility index (Phi) is 5.75. The zero-order chi connectivity index (χ0) is 18.4. The van der Waals surface area contributed by atoms with E-state index in [0.29, 0.717) is 24.2 Å². The van der Waals surface area contributed by atoms with Gasteiger partial charge in [-0.15, -0.1) is 11.3 Å². The van der Waals surface area contributed by atoms with E-state index in [-0.39, 0.29) is 5.96 Å². The molecule has 1 aliphatic heterocycles. The minimum Gasteiger partial charge on any atom is -0.379 e. The van der Waals surface area contributed by atoms with Crippen LogP contribution in [0.25, 0.3) is 11.3 Å². The first-order valence-electron chi connectivity index (χ1n) is 7.89. The summed E-state index contributed by atoms with van der Waals surface area (Å²) in [5.41, 5.74) is 10.9. The van der Waals surface area contributed by atoms with Crippen molar-refractivity contribution in [2.75, 3.05) is 31.6 Å². The zero-order valence-corrected chi connectivity index (χ0v) is 14.7. The first kappa shape index (κ1) is 17.8. The molecule has 10 heteroatoms. The molecule has 1 aliphatic rings. The number of anilines is 1. The van der Waals surface area contributed by atoms with Gasteiger partial charge in [0.15, 0.2) is 16.9 Å². The number of nitrogens with two attached hydrogens (primary N) is 1. The van der Waals surface area contributed by atoms with Gasteiger partial charge in [0.2, 0.25) is 6.19 Å². The topological polar surface area (TPSA) is 135 Å². The molecule has 2 aromatic rings. The second kappa shape index (κ2) is 8.39. The number of amidine groups is 1. The Morgan fingerprint density at radius 2 is 2.23 bits per heavy atom. The number of aromatic nitrogens is 1. The maximum atomic E-state index is 9.03. The standard InChI is InChI=1S/C16H18N8OS/c17-10-20-14(23-24-4-6-25-7-5-24)12-3-1-2-11(8-12)13-9-26-16(21-13)22-15(18)19/h1-3,8-9H,4-7H2,(H,20,23)(H4,18,19,21,22). The molecular formula is C16H18N8OS. The van der Waals surface area contributed by atoms with Crippen molar-refractivity contribution in [1.29, 1.82) is 10.7 Å². The van der Waals surface area contributed by atoms with Gasteiger partial charge in [-0.1, -0.05) is 18.2 Å². The number of ether oxygens (including phenoxy) is 1. The van der Waals surface area contributed by atoms with Crippen molar-refractivity contribution in [3.8, 4) is 17.5 Å². The number of nitrogens with zero attached hydrogens (tertiary/aromatic N) is 4. The van der Waals surface area contributed by atoms with Crippen LogP contribution in [0.3, 0.4) is 0 Å². The molecule has 1 fully saturated rings. The fourth-order valence-electron chi connectivity index (χ4n) is 2.43. The van der Waals surface area contributed by atoms with Crippen molar-refractivity contribution in [3.63, 3.8) is 0 Å². The Hall–Kier alpha value is -3.00. The number of hydrogen-bond acceptors (Lipinski definition) is 7. The number of nitriles is 1. The summed E-state index contributed by atoms with van der Waals surface area (Å²) in [4.78, 5) is 8.34. The first-order chi connectivity index (χ1) is 12.7. The van der Waals surface area contributed by atoms with Crippen LogP contribution in [0.4, 0.5) is 5.13 Å². The second-order valence-corrected chi connectivity index (χ2v) is 6.29. The Balaban J connectivity index is 1.82. The van der Waals surface area contributed by atoms with Crippen molar-refractivity contribution < 1.29 is 4.74 Å². The molecule has 134 valence electrons. The third-order valence-electron chi connectivity index (χ3n) is 3.61. The molecule has 0 bridgehead atoms. The highest BCUT2D eigenvalue weighted by Crippen LogP contribution is 2.25.